The fraction of sp³-hybridized carbons (Fsp3) is 0.333. The van der Waals surface area contributed by atoms with Gasteiger partial charge in [0.15, 0.2) is 0 Å². The van der Waals surface area contributed by atoms with Crippen LogP contribution in [-0.2, 0) is 0 Å². The molecule has 1 N–H and O–H groups in total. The van der Waals surface area contributed by atoms with Crippen LogP contribution >= 0.6 is 0 Å². The highest BCUT2D eigenvalue weighted by Gasteiger charge is 2.34. The fourth-order valence-corrected chi connectivity index (χ4v) is 2.15. The van der Waals surface area contributed by atoms with Crippen LogP contribution in [0.2, 0.25) is 0 Å². The van der Waals surface area contributed by atoms with Crippen LogP contribution in [-0.4, -0.2) is 41.6 Å². The number of hydrogen-bond donors (Lipinski definition) is 1. The van der Waals surface area contributed by atoms with Gasteiger partial charge in [0, 0.05) is 19.6 Å². The minimum atomic E-state index is -1.04. The number of urea groups is 1. The maximum atomic E-state index is 12.5. The molecule has 1 aliphatic rings. The van der Waals surface area contributed by atoms with Crippen LogP contribution in [0.25, 0.3) is 0 Å². The van der Waals surface area contributed by atoms with E-state index in [0.717, 1.165) is 12.8 Å². The molecule has 0 aliphatic heterocycles. The van der Waals surface area contributed by atoms with E-state index in [9.17, 15) is 14.7 Å². The first kappa shape index (κ1) is 14.1. The Kier molecular flexibility index (Phi) is 4.08. The molecule has 1 saturated carbocycles. The third-order valence-electron chi connectivity index (χ3n) is 3.34. The van der Waals surface area contributed by atoms with Crippen LogP contribution in [0.1, 0.15) is 23.2 Å². The van der Waals surface area contributed by atoms with Crippen molar-refractivity contribution in [2.45, 2.75) is 18.9 Å². The Bertz CT molecular complexity index is 538. The molecule has 106 valence electrons. The Morgan fingerprint density at radius 1 is 1.40 bits per heavy atom. The summed E-state index contributed by atoms with van der Waals surface area (Å²) in [7, 11) is 1.60. The fourth-order valence-electron chi connectivity index (χ4n) is 2.15. The average Bonchev–Trinajstić information content (AvgIpc) is 3.27. The van der Waals surface area contributed by atoms with Gasteiger partial charge in [-0.3, -0.25) is 4.90 Å². The highest BCUT2D eigenvalue weighted by molar-refractivity contribution is 6.01. The number of nitrogens with zero attached hydrogens (tertiary/aromatic N) is 2. The van der Waals surface area contributed by atoms with Gasteiger partial charge in [0.05, 0.1) is 11.3 Å². The van der Waals surface area contributed by atoms with Gasteiger partial charge in [-0.05, 0) is 25.0 Å². The van der Waals surface area contributed by atoms with E-state index >= 15 is 0 Å². The van der Waals surface area contributed by atoms with E-state index in [1.807, 2.05) is 0 Å². The second-order valence-electron chi connectivity index (χ2n) is 4.84. The minimum absolute atomic E-state index is 0.123. The Morgan fingerprint density at radius 2 is 2.05 bits per heavy atom. The monoisotopic (exact) mass is 274 g/mol. The molecule has 0 bridgehead atoms. The molecule has 1 aliphatic carbocycles. The Morgan fingerprint density at radius 3 is 2.60 bits per heavy atom. The molecule has 2 rings (SSSR count). The van der Waals surface area contributed by atoms with Crippen LogP contribution in [0.4, 0.5) is 10.5 Å². The van der Waals surface area contributed by atoms with Gasteiger partial charge < -0.3 is 10.0 Å². The number of amides is 2. The van der Waals surface area contributed by atoms with E-state index in [1.165, 1.54) is 11.0 Å². The molecule has 0 atom stereocenters. The minimum Gasteiger partial charge on any atom is -0.478 e. The number of hydrogen-bond acceptors (Lipinski definition) is 2. The standard InChI is InChI=1S/C15H18N2O3/c1-3-10-17(11-8-9-11)15(20)16(2)13-7-5-4-6-12(13)14(18)19/h3-7,11H,1,8-10H2,2H3,(H,18,19). The molecule has 2 amide bonds. The van der Waals surface area contributed by atoms with Crippen molar-refractivity contribution in [2.24, 2.45) is 0 Å². The van der Waals surface area contributed by atoms with Gasteiger partial charge in [0.1, 0.15) is 0 Å². The molecular formula is C15H18N2O3. The lowest BCUT2D eigenvalue weighted by molar-refractivity contribution is 0.0697. The molecule has 5 heteroatoms. The van der Waals surface area contributed by atoms with Gasteiger partial charge in [-0.2, -0.15) is 0 Å². The number of carboxylic acids is 1. The molecule has 5 nitrogen and oxygen atoms in total. The van der Waals surface area contributed by atoms with E-state index in [-0.39, 0.29) is 17.6 Å². The smallest absolute Gasteiger partial charge is 0.337 e. The van der Waals surface area contributed by atoms with Crippen LogP contribution in [0, 0.1) is 0 Å². The normalized spacial score (nSPS) is 13.7. The van der Waals surface area contributed by atoms with Crippen molar-refractivity contribution < 1.29 is 14.7 Å². The van der Waals surface area contributed by atoms with Crippen molar-refractivity contribution in [2.75, 3.05) is 18.5 Å². The number of benzene rings is 1. The molecule has 0 unspecified atom stereocenters. The molecule has 0 aromatic heterocycles. The van der Waals surface area contributed by atoms with Crippen molar-refractivity contribution in [3.8, 4) is 0 Å². The predicted molar refractivity (Wildman–Crippen MR) is 77.1 cm³/mol. The third-order valence-corrected chi connectivity index (χ3v) is 3.34. The maximum Gasteiger partial charge on any atom is 0.337 e. The summed E-state index contributed by atoms with van der Waals surface area (Å²) in [6.45, 7) is 4.14. The summed E-state index contributed by atoms with van der Waals surface area (Å²) in [6, 6.07) is 6.56. The summed E-state index contributed by atoms with van der Waals surface area (Å²) < 4.78 is 0. The number of rotatable bonds is 5. The molecule has 20 heavy (non-hydrogen) atoms. The van der Waals surface area contributed by atoms with E-state index in [4.69, 9.17) is 0 Å². The predicted octanol–water partition coefficient (Wildman–Crippen LogP) is 2.59. The van der Waals surface area contributed by atoms with Gasteiger partial charge >= 0.3 is 12.0 Å². The van der Waals surface area contributed by atoms with Crippen molar-refractivity contribution in [3.05, 3.63) is 42.5 Å². The van der Waals surface area contributed by atoms with Crippen LogP contribution in [0.3, 0.4) is 0 Å². The third kappa shape index (κ3) is 2.82. The first-order valence-electron chi connectivity index (χ1n) is 6.53. The van der Waals surface area contributed by atoms with Crippen molar-refractivity contribution in [1.82, 2.24) is 4.90 Å². The van der Waals surface area contributed by atoms with Gasteiger partial charge in [-0.15, -0.1) is 6.58 Å². The molecular weight excluding hydrogens is 256 g/mol. The average molecular weight is 274 g/mol. The zero-order valence-corrected chi connectivity index (χ0v) is 11.5. The molecule has 0 radical (unpaired) electrons. The number of carboxylic acid groups (broad SMARTS) is 1. The van der Waals surface area contributed by atoms with Crippen LogP contribution < -0.4 is 4.90 Å². The molecule has 0 spiro atoms. The summed E-state index contributed by atoms with van der Waals surface area (Å²) >= 11 is 0. The lowest BCUT2D eigenvalue weighted by Crippen LogP contribution is -2.43. The number of carbonyl (C=O) groups excluding carboxylic acids is 1. The Hall–Kier alpha value is -2.30. The van der Waals surface area contributed by atoms with Crippen LogP contribution in [0.5, 0.6) is 0 Å². The van der Waals surface area contributed by atoms with Gasteiger partial charge in [-0.1, -0.05) is 18.2 Å². The lowest BCUT2D eigenvalue weighted by atomic mass is 10.1. The summed E-state index contributed by atoms with van der Waals surface area (Å²) in [5, 5.41) is 9.19. The maximum absolute atomic E-state index is 12.5. The highest BCUT2D eigenvalue weighted by atomic mass is 16.4. The Labute approximate surface area is 118 Å². The highest BCUT2D eigenvalue weighted by Crippen LogP contribution is 2.29. The summed E-state index contributed by atoms with van der Waals surface area (Å²) in [5.41, 5.74) is 0.525. The summed E-state index contributed by atoms with van der Waals surface area (Å²) in [5.74, 6) is -1.04. The first-order chi connectivity index (χ1) is 9.56. The molecule has 1 aromatic rings. The molecule has 1 aromatic carbocycles. The van der Waals surface area contributed by atoms with Crippen LogP contribution in [0.15, 0.2) is 36.9 Å². The number of para-hydroxylation sites is 1. The van der Waals surface area contributed by atoms with Gasteiger partial charge in [0.2, 0.25) is 0 Å². The number of aromatic carboxylic acids is 1. The number of anilines is 1. The van der Waals surface area contributed by atoms with Gasteiger partial charge in [-0.25, -0.2) is 9.59 Å². The SMILES string of the molecule is C=CCN(C(=O)N(C)c1ccccc1C(=O)O)C1CC1. The van der Waals surface area contributed by atoms with E-state index < -0.39 is 5.97 Å². The quantitative estimate of drug-likeness (QED) is 0.839. The van der Waals surface area contributed by atoms with Crippen molar-refractivity contribution in [3.63, 3.8) is 0 Å². The topological polar surface area (TPSA) is 60.9 Å². The first-order valence-corrected chi connectivity index (χ1v) is 6.53. The molecule has 0 heterocycles. The van der Waals surface area contributed by atoms with E-state index in [1.54, 1.807) is 36.2 Å². The van der Waals surface area contributed by atoms with E-state index in [2.05, 4.69) is 6.58 Å². The van der Waals surface area contributed by atoms with Gasteiger partial charge in [0.25, 0.3) is 0 Å². The second kappa shape index (κ2) is 5.77. The zero-order chi connectivity index (χ0) is 14.7. The summed E-state index contributed by atoms with van der Waals surface area (Å²) in [6.07, 6.45) is 3.68. The second-order valence-corrected chi connectivity index (χ2v) is 4.84. The Balaban J connectivity index is 2.25. The summed E-state index contributed by atoms with van der Waals surface area (Å²) in [4.78, 5) is 26.8. The van der Waals surface area contributed by atoms with Crippen molar-refractivity contribution in [1.29, 1.82) is 0 Å². The lowest BCUT2D eigenvalue weighted by Gasteiger charge is -2.28. The van der Waals surface area contributed by atoms with Crippen molar-refractivity contribution >= 4 is 17.7 Å². The molecule has 0 saturated heterocycles. The largest absolute Gasteiger partial charge is 0.478 e. The number of carbonyl (C=O) groups is 2. The van der Waals surface area contributed by atoms with E-state index in [0.29, 0.717) is 12.2 Å². The zero-order valence-electron chi connectivity index (χ0n) is 11.5. The molecule has 1 fully saturated rings.